The first kappa shape index (κ1) is 20.5. The average Bonchev–Trinajstić information content (AvgIpc) is 3.16. The van der Waals surface area contributed by atoms with Gasteiger partial charge in [0, 0.05) is 19.1 Å². The van der Waals surface area contributed by atoms with E-state index in [0.717, 1.165) is 19.3 Å². The van der Waals surface area contributed by atoms with Crippen LogP contribution in [-0.4, -0.2) is 72.6 Å². The highest BCUT2D eigenvalue weighted by Gasteiger charge is 2.42. The van der Waals surface area contributed by atoms with Gasteiger partial charge in [0.15, 0.2) is 6.61 Å². The lowest BCUT2D eigenvalue weighted by Crippen LogP contribution is -2.53. The fourth-order valence-electron chi connectivity index (χ4n) is 4.53. The number of para-hydroxylation sites is 2. The second kappa shape index (κ2) is 8.53. The van der Waals surface area contributed by atoms with Gasteiger partial charge in [-0.3, -0.25) is 19.4 Å². The van der Waals surface area contributed by atoms with Gasteiger partial charge < -0.3 is 14.4 Å². The summed E-state index contributed by atoms with van der Waals surface area (Å²) in [5.74, 6) is 0.699. The first-order valence-corrected chi connectivity index (χ1v) is 10.7. The van der Waals surface area contributed by atoms with Crippen molar-refractivity contribution >= 4 is 23.6 Å². The Kier molecular flexibility index (Phi) is 5.83. The van der Waals surface area contributed by atoms with Gasteiger partial charge >= 0.3 is 6.09 Å². The van der Waals surface area contributed by atoms with Gasteiger partial charge in [0.05, 0.1) is 11.7 Å². The molecule has 3 heterocycles. The van der Waals surface area contributed by atoms with Crippen molar-refractivity contribution in [3.8, 4) is 5.75 Å². The van der Waals surface area contributed by atoms with Crippen LogP contribution in [0.5, 0.6) is 5.75 Å². The van der Waals surface area contributed by atoms with Crippen LogP contribution in [0.3, 0.4) is 0 Å². The molecule has 2 fully saturated rings. The number of rotatable bonds is 5. The quantitative estimate of drug-likeness (QED) is 0.737. The molecule has 2 saturated heterocycles. The molecule has 8 nitrogen and oxygen atoms in total. The molecule has 0 N–H and O–H groups in total. The zero-order valence-corrected chi connectivity index (χ0v) is 17.6. The zero-order chi connectivity index (χ0) is 21.3. The van der Waals surface area contributed by atoms with Crippen LogP contribution in [0.4, 0.5) is 10.5 Å². The molecule has 4 rings (SSSR count). The topological polar surface area (TPSA) is 79.4 Å². The first-order chi connectivity index (χ1) is 14.5. The lowest BCUT2D eigenvalue weighted by atomic mass is 9.95. The third-order valence-electron chi connectivity index (χ3n) is 6.56. The third kappa shape index (κ3) is 3.82. The van der Waals surface area contributed by atoms with E-state index in [4.69, 9.17) is 9.47 Å². The summed E-state index contributed by atoms with van der Waals surface area (Å²) in [6.07, 6.45) is 2.20. The number of carbonyl (C=O) groups excluding carboxylic acids is 3. The summed E-state index contributed by atoms with van der Waals surface area (Å²) in [4.78, 5) is 42.8. The van der Waals surface area contributed by atoms with Gasteiger partial charge in [-0.1, -0.05) is 32.4 Å². The number of benzene rings is 1. The minimum Gasteiger partial charge on any atom is -0.482 e. The SMILES string of the molecule is CC[C@H](C)[C@@H]1COC(=O)N1C1CCN(C(=O)CN2C(=O)COc3ccccc32)CC1. The van der Waals surface area contributed by atoms with E-state index < -0.39 is 0 Å². The molecule has 0 bridgehead atoms. The fourth-order valence-corrected chi connectivity index (χ4v) is 4.53. The predicted molar refractivity (Wildman–Crippen MR) is 110 cm³/mol. The predicted octanol–water partition coefficient (Wildman–Crippen LogP) is 2.27. The number of amides is 3. The van der Waals surface area contributed by atoms with E-state index in [0.29, 0.717) is 37.1 Å². The number of piperidine rings is 1. The van der Waals surface area contributed by atoms with E-state index in [1.165, 1.54) is 4.90 Å². The van der Waals surface area contributed by atoms with Crippen LogP contribution in [0.15, 0.2) is 24.3 Å². The zero-order valence-electron chi connectivity index (χ0n) is 17.6. The van der Waals surface area contributed by atoms with Crippen molar-refractivity contribution in [3.05, 3.63) is 24.3 Å². The Balaban J connectivity index is 1.37. The molecular weight excluding hydrogens is 386 g/mol. The van der Waals surface area contributed by atoms with E-state index in [2.05, 4.69) is 13.8 Å². The Morgan fingerprint density at radius 2 is 1.90 bits per heavy atom. The number of hydrogen-bond acceptors (Lipinski definition) is 5. The van der Waals surface area contributed by atoms with Crippen molar-refractivity contribution < 1.29 is 23.9 Å². The highest BCUT2D eigenvalue weighted by Crippen LogP contribution is 2.32. The largest absolute Gasteiger partial charge is 0.482 e. The Morgan fingerprint density at radius 3 is 2.63 bits per heavy atom. The molecule has 2 atom stereocenters. The molecule has 0 aromatic heterocycles. The summed E-state index contributed by atoms with van der Waals surface area (Å²) in [6.45, 7) is 5.81. The Labute approximate surface area is 176 Å². The highest BCUT2D eigenvalue weighted by atomic mass is 16.6. The number of carbonyl (C=O) groups is 3. The normalized spacial score (nSPS) is 23.1. The minimum atomic E-state index is -0.236. The Bertz CT molecular complexity index is 821. The molecule has 0 saturated carbocycles. The molecule has 162 valence electrons. The third-order valence-corrected chi connectivity index (χ3v) is 6.56. The number of cyclic esters (lactones) is 1. The van der Waals surface area contributed by atoms with Crippen LogP contribution in [0.1, 0.15) is 33.1 Å². The standard InChI is InChI=1S/C22H29N3O5/c1-3-15(2)18-13-30-22(28)25(18)16-8-10-23(11-9-16)20(26)12-24-17-6-4-5-7-19(17)29-14-21(24)27/h4-7,15-16,18H,3,8-14H2,1-2H3/t15-,18-/m0/s1. The van der Waals surface area contributed by atoms with E-state index in [-0.39, 0.29) is 43.1 Å². The summed E-state index contributed by atoms with van der Waals surface area (Å²) < 4.78 is 10.8. The van der Waals surface area contributed by atoms with Crippen molar-refractivity contribution in [2.75, 3.05) is 37.7 Å². The van der Waals surface area contributed by atoms with E-state index in [1.54, 1.807) is 17.0 Å². The van der Waals surface area contributed by atoms with Crippen molar-refractivity contribution in [2.24, 2.45) is 5.92 Å². The Hall–Kier alpha value is -2.77. The highest BCUT2D eigenvalue weighted by molar-refractivity contribution is 6.02. The van der Waals surface area contributed by atoms with Crippen LogP contribution in [0, 0.1) is 5.92 Å². The number of anilines is 1. The van der Waals surface area contributed by atoms with Crippen LogP contribution in [0.2, 0.25) is 0 Å². The van der Waals surface area contributed by atoms with E-state index in [9.17, 15) is 14.4 Å². The first-order valence-electron chi connectivity index (χ1n) is 10.7. The van der Waals surface area contributed by atoms with Crippen molar-refractivity contribution in [3.63, 3.8) is 0 Å². The van der Waals surface area contributed by atoms with Gasteiger partial charge in [-0.2, -0.15) is 0 Å². The maximum Gasteiger partial charge on any atom is 0.410 e. The molecule has 8 heteroatoms. The van der Waals surface area contributed by atoms with Gasteiger partial charge in [-0.15, -0.1) is 0 Å². The molecule has 1 aromatic carbocycles. The molecule has 30 heavy (non-hydrogen) atoms. The second-order valence-corrected chi connectivity index (χ2v) is 8.29. The number of likely N-dealkylation sites (tertiary alicyclic amines) is 1. The molecule has 0 aliphatic carbocycles. The summed E-state index contributed by atoms with van der Waals surface area (Å²) in [5.41, 5.74) is 0.633. The van der Waals surface area contributed by atoms with Crippen molar-refractivity contribution in [2.45, 2.75) is 45.2 Å². The number of hydrogen-bond donors (Lipinski definition) is 0. The Morgan fingerprint density at radius 1 is 1.17 bits per heavy atom. The molecule has 0 unspecified atom stereocenters. The van der Waals surface area contributed by atoms with Gasteiger partial charge in [-0.05, 0) is 30.9 Å². The number of ether oxygens (including phenoxy) is 2. The summed E-state index contributed by atoms with van der Waals surface area (Å²) in [7, 11) is 0. The summed E-state index contributed by atoms with van der Waals surface area (Å²) >= 11 is 0. The molecule has 3 aliphatic heterocycles. The maximum absolute atomic E-state index is 12.9. The van der Waals surface area contributed by atoms with Gasteiger partial charge in [0.2, 0.25) is 5.91 Å². The molecular formula is C22H29N3O5. The van der Waals surface area contributed by atoms with Crippen molar-refractivity contribution in [1.29, 1.82) is 0 Å². The van der Waals surface area contributed by atoms with Gasteiger partial charge in [0.25, 0.3) is 5.91 Å². The van der Waals surface area contributed by atoms with Crippen LogP contribution in [-0.2, 0) is 14.3 Å². The summed E-state index contributed by atoms with van der Waals surface area (Å²) in [6, 6.07) is 7.46. The smallest absolute Gasteiger partial charge is 0.410 e. The lowest BCUT2D eigenvalue weighted by molar-refractivity contribution is -0.133. The maximum atomic E-state index is 12.9. The second-order valence-electron chi connectivity index (χ2n) is 8.29. The number of nitrogens with zero attached hydrogens (tertiary/aromatic N) is 3. The van der Waals surface area contributed by atoms with Crippen LogP contribution < -0.4 is 9.64 Å². The monoisotopic (exact) mass is 415 g/mol. The fraction of sp³-hybridized carbons (Fsp3) is 0.591. The molecule has 3 aliphatic rings. The van der Waals surface area contributed by atoms with Crippen LogP contribution in [0.25, 0.3) is 0 Å². The average molecular weight is 415 g/mol. The number of fused-ring (bicyclic) bond motifs is 1. The molecule has 3 amide bonds. The van der Waals surface area contributed by atoms with Gasteiger partial charge in [0.1, 0.15) is 18.9 Å². The van der Waals surface area contributed by atoms with E-state index >= 15 is 0 Å². The molecule has 1 aromatic rings. The van der Waals surface area contributed by atoms with Crippen molar-refractivity contribution in [1.82, 2.24) is 9.80 Å². The minimum absolute atomic E-state index is 0.00508. The molecule has 0 spiro atoms. The summed E-state index contributed by atoms with van der Waals surface area (Å²) in [5, 5.41) is 0. The lowest BCUT2D eigenvalue weighted by Gasteiger charge is -2.39. The van der Waals surface area contributed by atoms with E-state index in [1.807, 2.05) is 17.0 Å². The van der Waals surface area contributed by atoms with Crippen LogP contribution >= 0.6 is 0 Å². The van der Waals surface area contributed by atoms with Gasteiger partial charge in [-0.25, -0.2) is 4.79 Å². The molecule has 0 radical (unpaired) electrons.